The Morgan fingerprint density at radius 3 is 2.59 bits per heavy atom. The molecular weight excluding hydrogens is 490 g/mol. The second-order valence-corrected chi connectivity index (χ2v) is 9.43. The lowest BCUT2D eigenvalue weighted by atomic mass is 9.84. The van der Waals surface area contributed by atoms with E-state index in [-0.39, 0.29) is 12.3 Å². The second-order valence-electron chi connectivity index (χ2n) is 8.58. The first-order valence-electron chi connectivity index (χ1n) is 11.3. The number of nitrogens with zero attached hydrogens (tertiary/aromatic N) is 1. The van der Waals surface area contributed by atoms with Crippen molar-refractivity contribution in [1.29, 1.82) is 0 Å². The standard InChI is InChI=1S/C28H36BrN3O2/c1-7-9-21(25(29)8-2)16-32(6)17-22-14-20(11-10-18(22)3)24(15-27(33)34)23-12-13-26(31-5)28(30)19(23)4/h7-14,24,31H,2,15-17,30H2,1,3-6H3,(H,33,34)/b9-7-,25-21-. The third-order valence-corrected chi connectivity index (χ3v) is 6.92. The molecule has 6 heteroatoms. The Morgan fingerprint density at radius 2 is 2.00 bits per heavy atom. The van der Waals surface area contributed by atoms with Crippen molar-refractivity contribution in [3.63, 3.8) is 0 Å². The van der Waals surface area contributed by atoms with Gasteiger partial charge >= 0.3 is 5.97 Å². The van der Waals surface area contributed by atoms with Crippen LogP contribution in [0.3, 0.4) is 0 Å². The van der Waals surface area contributed by atoms with Crippen LogP contribution in [0.5, 0.6) is 0 Å². The molecule has 0 aromatic heterocycles. The molecule has 0 aliphatic carbocycles. The van der Waals surface area contributed by atoms with Crippen molar-refractivity contribution in [2.24, 2.45) is 0 Å². The highest BCUT2D eigenvalue weighted by Gasteiger charge is 2.22. The lowest BCUT2D eigenvalue weighted by molar-refractivity contribution is -0.137. The van der Waals surface area contributed by atoms with E-state index in [1.165, 1.54) is 11.1 Å². The Labute approximate surface area is 212 Å². The first-order chi connectivity index (χ1) is 16.1. The highest BCUT2D eigenvalue weighted by molar-refractivity contribution is 9.11. The van der Waals surface area contributed by atoms with Crippen molar-refractivity contribution in [3.8, 4) is 0 Å². The Balaban J connectivity index is 2.44. The van der Waals surface area contributed by atoms with Gasteiger partial charge in [0.1, 0.15) is 0 Å². The Bertz CT molecular complexity index is 1110. The molecule has 2 aromatic carbocycles. The van der Waals surface area contributed by atoms with E-state index in [4.69, 9.17) is 5.73 Å². The monoisotopic (exact) mass is 525 g/mol. The number of hydrogen-bond donors (Lipinski definition) is 3. The van der Waals surface area contributed by atoms with Crippen LogP contribution in [-0.2, 0) is 11.3 Å². The van der Waals surface area contributed by atoms with Gasteiger partial charge in [-0.15, -0.1) is 0 Å². The first kappa shape index (κ1) is 27.4. The molecule has 0 saturated heterocycles. The molecule has 4 N–H and O–H groups in total. The molecule has 0 heterocycles. The largest absolute Gasteiger partial charge is 0.481 e. The zero-order valence-corrected chi connectivity index (χ0v) is 22.4. The number of carbonyl (C=O) groups is 1. The lowest BCUT2D eigenvalue weighted by Crippen LogP contribution is -2.21. The van der Waals surface area contributed by atoms with E-state index < -0.39 is 5.97 Å². The molecule has 34 heavy (non-hydrogen) atoms. The minimum Gasteiger partial charge on any atom is -0.481 e. The van der Waals surface area contributed by atoms with Crippen molar-refractivity contribution in [2.75, 3.05) is 31.7 Å². The van der Waals surface area contributed by atoms with Crippen LogP contribution in [-0.4, -0.2) is 36.6 Å². The normalized spacial score (nSPS) is 13.1. The van der Waals surface area contributed by atoms with Gasteiger partial charge in [0.15, 0.2) is 0 Å². The van der Waals surface area contributed by atoms with E-state index in [2.05, 4.69) is 64.9 Å². The van der Waals surface area contributed by atoms with E-state index in [1.807, 2.05) is 45.2 Å². The van der Waals surface area contributed by atoms with Crippen LogP contribution in [0, 0.1) is 13.8 Å². The number of aliphatic carboxylic acids is 1. The molecular formula is C28H36BrN3O2. The summed E-state index contributed by atoms with van der Waals surface area (Å²) in [7, 11) is 3.90. The lowest BCUT2D eigenvalue weighted by Gasteiger charge is -2.24. The number of benzene rings is 2. The van der Waals surface area contributed by atoms with Gasteiger partial charge in [0.2, 0.25) is 0 Å². The number of carboxylic acid groups (broad SMARTS) is 1. The predicted octanol–water partition coefficient (Wildman–Crippen LogP) is 6.38. The van der Waals surface area contributed by atoms with Gasteiger partial charge in [-0.1, -0.05) is 65.0 Å². The van der Waals surface area contributed by atoms with E-state index in [1.54, 1.807) is 6.08 Å². The van der Waals surface area contributed by atoms with E-state index in [0.717, 1.165) is 45.5 Å². The van der Waals surface area contributed by atoms with Crippen molar-refractivity contribution < 1.29 is 9.90 Å². The fourth-order valence-electron chi connectivity index (χ4n) is 4.18. The summed E-state index contributed by atoms with van der Waals surface area (Å²) in [6, 6.07) is 10.2. The van der Waals surface area contributed by atoms with Crippen molar-refractivity contribution in [1.82, 2.24) is 4.90 Å². The molecule has 0 spiro atoms. The minimum absolute atomic E-state index is 0.00200. The van der Waals surface area contributed by atoms with Crippen LogP contribution >= 0.6 is 15.9 Å². The fourth-order valence-corrected chi connectivity index (χ4v) is 4.44. The summed E-state index contributed by atoms with van der Waals surface area (Å²) in [6.45, 7) is 11.4. The van der Waals surface area contributed by atoms with Crippen molar-refractivity contribution in [2.45, 2.75) is 39.7 Å². The SMILES string of the molecule is C=C/C(Br)=C(\C=C/C)CN(C)Cc1cc(C(CC(=O)O)c2ccc(NC)c(N)c2C)ccc1C. The topological polar surface area (TPSA) is 78.6 Å². The maximum Gasteiger partial charge on any atom is 0.304 e. The average Bonchev–Trinajstić information content (AvgIpc) is 2.80. The maximum atomic E-state index is 11.8. The highest BCUT2D eigenvalue weighted by atomic mass is 79.9. The number of aryl methyl sites for hydroxylation is 1. The minimum atomic E-state index is -0.838. The summed E-state index contributed by atoms with van der Waals surface area (Å²) in [5.41, 5.74) is 14.1. The molecule has 0 amide bonds. The predicted molar refractivity (Wildman–Crippen MR) is 148 cm³/mol. The van der Waals surface area contributed by atoms with Gasteiger partial charge < -0.3 is 16.2 Å². The molecule has 1 atom stereocenters. The number of anilines is 2. The number of carboxylic acids is 1. The smallest absolute Gasteiger partial charge is 0.304 e. The van der Waals surface area contributed by atoms with Crippen LogP contribution in [0.1, 0.15) is 47.1 Å². The molecule has 1 unspecified atom stereocenters. The summed E-state index contributed by atoms with van der Waals surface area (Å²) < 4.78 is 0.975. The number of hydrogen-bond acceptors (Lipinski definition) is 4. The molecule has 0 aliphatic rings. The third kappa shape index (κ3) is 6.84. The van der Waals surface area contributed by atoms with Gasteiger partial charge in [0.05, 0.1) is 17.8 Å². The summed E-state index contributed by atoms with van der Waals surface area (Å²) in [4.78, 5) is 14.0. The molecule has 0 radical (unpaired) electrons. The molecule has 0 aliphatic heterocycles. The van der Waals surface area contributed by atoms with Crippen molar-refractivity contribution >= 4 is 33.3 Å². The van der Waals surface area contributed by atoms with Gasteiger partial charge in [-0.25, -0.2) is 0 Å². The summed E-state index contributed by atoms with van der Waals surface area (Å²) in [5, 5.41) is 12.8. The van der Waals surface area contributed by atoms with E-state index in [0.29, 0.717) is 5.69 Å². The molecule has 0 fully saturated rings. The quantitative estimate of drug-likeness (QED) is 0.234. The molecule has 2 rings (SSSR count). The first-order valence-corrected chi connectivity index (χ1v) is 12.1. The molecule has 2 aromatic rings. The third-order valence-electron chi connectivity index (χ3n) is 6.09. The summed E-state index contributed by atoms with van der Waals surface area (Å²) >= 11 is 3.59. The Hall–Kier alpha value is -2.83. The van der Waals surface area contributed by atoms with Gasteiger partial charge in [0.25, 0.3) is 0 Å². The maximum absolute atomic E-state index is 11.8. The zero-order valence-electron chi connectivity index (χ0n) is 20.8. The Kier molecular flexibility index (Phi) is 10.1. The van der Waals surface area contributed by atoms with Crippen LogP contribution in [0.2, 0.25) is 0 Å². The number of likely N-dealkylation sites (N-methyl/N-ethyl adjacent to an activating group) is 1. The van der Waals surface area contributed by atoms with E-state index >= 15 is 0 Å². The highest BCUT2D eigenvalue weighted by Crippen LogP contribution is 2.36. The Morgan fingerprint density at radius 1 is 1.29 bits per heavy atom. The van der Waals surface area contributed by atoms with Gasteiger partial charge in [0, 0.05) is 30.5 Å². The number of nitrogens with two attached hydrogens (primary N) is 1. The molecule has 182 valence electrons. The molecule has 0 bridgehead atoms. The van der Waals surface area contributed by atoms with Crippen LogP contribution in [0.15, 0.2) is 65.2 Å². The molecule has 0 saturated carbocycles. The van der Waals surface area contributed by atoms with Crippen molar-refractivity contribution in [3.05, 3.63) is 93.0 Å². The number of nitrogens with one attached hydrogen (secondary N) is 1. The van der Waals surface area contributed by atoms with Gasteiger partial charge in [-0.2, -0.15) is 0 Å². The van der Waals surface area contributed by atoms with Gasteiger partial charge in [-0.3, -0.25) is 9.69 Å². The second kappa shape index (κ2) is 12.6. The zero-order chi connectivity index (χ0) is 25.4. The van der Waals surface area contributed by atoms with Crippen LogP contribution in [0.4, 0.5) is 11.4 Å². The van der Waals surface area contributed by atoms with E-state index in [9.17, 15) is 9.90 Å². The number of allylic oxidation sites excluding steroid dienone is 3. The summed E-state index contributed by atoms with van der Waals surface area (Å²) in [5.74, 6) is -1.13. The van der Waals surface area contributed by atoms with Crippen LogP contribution in [0.25, 0.3) is 0 Å². The van der Waals surface area contributed by atoms with Crippen LogP contribution < -0.4 is 11.1 Å². The summed E-state index contributed by atoms with van der Waals surface area (Å²) in [6.07, 6.45) is 5.90. The van der Waals surface area contributed by atoms with Gasteiger partial charge in [-0.05, 0) is 67.3 Å². The fraction of sp³-hybridized carbons (Fsp3) is 0.321. The average molecular weight is 527 g/mol. The molecule has 5 nitrogen and oxygen atoms in total. The number of halogens is 1. The number of nitrogen functional groups attached to an aromatic ring is 1. The number of rotatable bonds is 11.